The molecule has 28 heavy (non-hydrogen) atoms. The zero-order chi connectivity index (χ0) is 20.2. The summed E-state index contributed by atoms with van der Waals surface area (Å²) < 4.78 is 53.7. The van der Waals surface area contributed by atoms with Gasteiger partial charge in [-0.15, -0.1) is 5.10 Å². The third-order valence-electron chi connectivity index (χ3n) is 5.27. The molecular formula is C18H22F3N3O3S. The lowest BCUT2D eigenvalue weighted by Gasteiger charge is -2.51. The molecule has 1 N–H and O–H groups in total. The van der Waals surface area contributed by atoms with Gasteiger partial charge in [-0.3, -0.25) is 0 Å². The fourth-order valence-corrected chi connectivity index (χ4v) is 5.98. The van der Waals surface area contributed by atoms with Crippen LogP contribution in [0.3, 0.4) is 0 Å². The number of halogens is 3. The summed E-state index contributed by atoms with van der Waals surface area (Å²) in [5.74, 6) is -4.32. The van der Waals surface area contributed by atoms with Gasteiger partial charge in [-0.1, -0.05) is 5.21 Å². The van der Waals surface area contributed by atoms with Crippen LogP contribution in [0.15, 0.2) is 18.3 Å². The number of aromatic nitrogens is 3. The minimum absolute atomic E-state index is 0.0652. The van der Waals surface area contributed by atoms with Crippen molar-refractivity contribution in [1.82, 2.24) is 15.0 Å². The van der Waals surface area contributed by atoms with Crippen molar-refractivity contribution in [2.45, 2.75) is 43.1 Å². The number of ether oxygens (including phenoxy) is 2. The molecule has 2 aliphatic rings. The van der Waals surface area contributed by atoms with Crippen molar-refractivity contribution >= 4 is 10.9 Å². The average Bonchev–Trinajstić information content (AvgIpc) is 3.07. The summed E-state index contributed by atoms with van der Waals surface area (Å²) in [5, 5.41) is 18.9. The molecule has 0 saturated carbocycles. The van der Waals surface area contributed by atoms with Gasteiger partial charge in [0.15, 0.2) is 23.2 Å². The first-order chi connectivity index (χ1) is 13.2. The van der Waals surface area contributed by atoms with E-state index in [-0.39, 0.29) is 22.6 Å². The van der Waals surface area contributed by atoms with Crippen molar-refractivity contribution in [3.8, 4) is 11.3 Å². The highest BCUT2D eigenvalue weighted by Gasteiger charge is 2.49. The van der Waals surface area contributed by atoms with Gasteiger partial charge in [0.05, 0.1) is 25.0 Å². The van der Waals surface area contributed by atoms with E-state index in [1.807, 2.05) is 13.8 Å². The highest BCUT2D eigenvalue weighted by molar-refractivity contribution is 8.17. The molecule has 5 atom stereocenters. The lowest BCUT2D eigenvalue weighted by molar-refractivity contribution is -0.283. The van der Waals surface area contributed by atoms with Crippen molar-refractivity contribution in [2.24, 2.45) is 0 Å². The van der Waals surface area contributed by atoms with Crippen molar-refractivity contribution in [3.63, 3.8) is 0 Å². The van der Waals surface area contributed by atoms with Crippen LogP contribution in [-0.2, 0) is 9.47 Å². The van der Waals surface area contributed by atoms with Crippen LogP contribution in [0.5, 0.6) is 0 Å². The van der Waals surface area contributed by atoms with E-state index in [9.17, 15) is 18.3 Å². The molecule has 0 radical (unpaired) electrons. The molecule has 1 unspecified atom stereocenters. The van der Waals surface area contributed by atoms with E-state index < -0.39 is 46.3 Å². The largest absolute Gasteiger partial charge is 0.390 e. The van der Waals surface area contributed by atoms with Gasteiger partial charge >= 0.3 is 0 Å². The normalized spacial score (nSPS) is 33.5. The molecule has 1 aromatic carbocycles. The Balaban J connectivity index is 1.68. The molecule has 3 heterocycles. The van der Waals surface area contributed by atoms with Crippen molar-refractivity contribution < 1.29 is 27.8 Å². The minimum Gasteiger partial charge on any atom is -0.390 e. The van der Waals surface area contributed by atoms with Gasteiger partial charge in [-0.05, 0) is 32.2 Å². The molecule has 2 aromatic rings. The van der Waals surface area contributed by atoms with Gasteiger partial charge in [0, 0.05) is 16.6 Å². The Bertz CT molecular complexity index is 871. The maximum Gasteiger partial charge on any atom is 0.194 e. The number of hydrogen-bond donors (Lipinski definition) is 2. The minimum atomic E-state index is -1.53. The van der Waals surface area contributed by atoms with E-state index >= 15 is 0 Å². The zero-order valence-electron chi connectivity index (χ0n) is 15.6. The Morgan fingerprint density at radius 3 is 2.61 bits per heavy atom. The first-order valence-corrected chi connectivity index (χ1v) is 11.0. The van der Waals surface area contributed by atoms with E-state index in [1.54, 1.807) is 0 Å². The SMILES string of the molecule is C[SH]1C[C@H](O)[C@@H](n2cc(-c3cc(F)c(F)c(F)c3)nn2)[C@H]2OC(C)(C)OC[C@H]21. The van der Waals surface area contributed by atoms with Crippen molar-refractivity contribution in [1.29, 1.82) is 0 Å². The lowest BCUT2D eigenvalue weighted by atomic mass is 10.0. The van der Waals surface area contributed by atoms with Gasteiger partial charge in [0.2, 0.25) is 0 Å². The number of rotatable bonds is 2. The molecule has 1 aromatic heterocycles. The third-order valence-corrected chi connectivity index (χ3v) is 7.79. The van der Waals surface area contributed by atoms with E-state index in [4.69, 9.17) is 9.47 Å². The predicted octanol–water partition coefficient (Wildman–Crippen LogP) is 2.43. The van der Waals surface area contributed by atoms with Crippen LogP contribution in [0.1, 0.15) is 19.9 Å². The van der Waals surface area contributed by atoms with Crippen LogP contribution in [0, 0.1) is 17.5 Å². The highest BCUT2D eigenvalue weighted by atomic mass is 32.2. The topological polar surface area (TPSA) is 69.4 Å². The summed E-state index contributed by atoms with van der Waals surface area (Å²) in [6.45, 7) is 4.16. The number of fused-ring (bicyclic) bond motifs is 1. The zero-order valence-corrected chi connectivity index (χ0v) is 16.5. The molecular weight excluding hydrogens is 395 g/mol. The molecule has 2 fully saturated rings. The fraction of sp³-hybridized carbons (Fsp3) is 0.556. The Morgan fingerprint density at radius 2 is 1.93 bits per heavy atom. The second kappa shape index (κ2) is 7.01. The highest BCUT2D eigenvalue weighted by Crippen LogP contribution is 2.47. The first kappa shape index (κ1) is 19.7. The Labute approximate surface area is 163 Å². The number of nitrogens with zero attached hydrogens (tertiary/aromatic N) is 3. The van der Waals surface area contributed by atoms with Crippen molar-refractivity contribution in [2.75, 3.05) is 18.6 Å². The summed E-state index contributed by atoms with van der Waals surface area (Å²) in [7, 11) is -0.499. The molecule has 0 bridgehead atoms. The molecule has 6 nitrogen and oxygen atoms in total. The van der Waals surface area contributed by atoms with Crippen LogP contribution in [-0.4, -0.2) is 62.0 Å². The van der Waals surface area contributed by atoms with Crippen molar-refractivity contribution in [3.05, 3.63) is 35.8 Å². The van der Waals surface area contributed by atoms with Crippen LogP contribution < -0.4 is 0 Å². The summed E-state index contributed by atoms with van der Waals surface area (Å²) in [5.41, 5.74) is 0.243. The second-order valence-electron chi connectivity index (χ2n) is 7.70. The van der Waals surface area contributed by atoms with E-state index in [0.717, 1.165) is 12.1 Å². The summed E-state index contributed by atoms with van der Waals surface area (Å²) in [6, 6.07) is 1.22. The van der Waals surface area contributed by atoms with Gasteiger partial charge in [-0.2, -0.15) is 0 Å². The Hall–Kier alpha value is -1.62. The van der Waals surface area contributed by atoms with E-state index in [1.165, 1.54) is 10.9 Å². The lowest BCUT2D eigenvalue weighted by Crippen LogP contribution is -2.58. The van der Waals surface area contributed by atoms with E-state index in [2.05, 4.69) is 16.6 Å². The molecule has 154 valence electrons. The molecule has 10 heteroatoms. The number of benzene rings is 1. The average molecular weight is 417 g/mol. The molecule has 0 aliphatic carbocycles. The standard InChI is InChI=1S/C18H22F3N3O3S/c1-18(2)26-7-14-17(27-18)16(13(25)8-28(14)3)24-6-12(22-23-24)9-4-10(19)15(21)11(20)5-9/h4-6,13-14,16-17,25,28H,7-8H2,1-3H3/t13-,14+,16+,17-/m0/s1. The van der Waals surface area contributed by atoms with Crippen LogP contribution in [0.25, 0.3) is 11.3 Å². The number of thiol groups is 1. The Morgan fingerprint density at radius 1 is 1.25 bits per heavy atom. The molecule has 2 saturated heterocycles. The number of aliphatic hydroxyl groups is 1. The fourth-order valence-electron chi connectivity index (χ4n) is 3.84. The van der Waals surface area contributed by atoms with Gasteiger partial charge in [-0.25, -0.2) is 28.7 Å². The number of hydrogen-bond acceptors (Lipinski definition) is 5. The van der Waals surface area contributed by atoms with E-state index in [0.29, 0.717) is 12.4 Å². The molecule has 0 spiro atoms. The van der Waals surface area contributed by atoms with Crippen LogP contribution >= 0.6 is 10.9 Å². The maximum absolute atomic E-state index is 13.6. The van der Waals surface area contributed by atoms with Gasteiger partial charge in [0.1, 0.15) is 11.7 Å². The smallest absolute Gasteiger partial charge is 0.194 e. The quantitative estimate of drug-likeness (QED) is 0.580. The van der Waals surface area contributed by atoms with Crippen LogP contribution in [0.2, 0.25) is 0 Å². The summed E-state index contributed by atoms with van der Waals surface area (Å²) in [6.07, 6.45) is 2.56. The number of aliphatic hydroxyl groups excluding tert-OH is 1. The summed E-state index contributed by atoms with van der Waals surface area (Å²) >= 11 is 0. The summed E-state index contributed by atoms with van der Waals surface area (Å²) in [4.78, 5) is 0. The monoisotopic (exact) mass is 417 g/mol. The third kappa shape index (κ3) is 3.42. The maximum atomic E-state index is 13.6. The van der Waals surface area contributed by atoms with Gasteiger partial charge < -0.3 is 14.6 Å². The predicted molar refractivity (Wildman–Crippen MR) is 98.8 cm³/mol. The second-order valence-corrected chi connectivity index (χ2v) is 10.2. The Kier molecular flexibility index (Phi) is 4.93. The molecule has 4 rings (SSSR count). The van der Waals surface area contributed by atoms with Gasteiger partial charge in [0.25, 0.3) is 0 Å². The molecule has 2 aliphatic heterocycles. The van der Waals surface area contributed by atoms with Crippen LogP contribution in [0.4, 0.5) is 13.2 Å². The molecule has 0 amide bonds. The first-order valence-electron chi connectivity index (χ1n) is 8.93.